The highest BCUT2D eigenvalue weighted by Crippen LogP contribution is 2.47. The summed E-state index contributed by atoms with van der Waals surface area (Å²) in [4.78, 5) is 23.2. The number of phosphoric ester groups is 1. The first kappa shape index (κ1) is 50.3. The van der Waals surface area contributed by atoms with Crippen molar-refractivity contribution >= 4 is 13.7 Å². The van der Waals surface area contributed by atoms with Gasteiger partial charge in [0.25, 0.3) is 0 Å². The van der Waals surface area contributed by atoms with E-state index in [-0.39, 0.29) is 12.8 Å². The van der Waals surface area contributed by atoms with E-state index in [9.17, 15) is 50.0 Å². The topological polar surface area (TPSA) is 226 Å². The molecule has 1 aliphatic rings. The van der Waals surface area contributed by atoms with Crippen molar-refractivity contribution in [1.82, 2.24) is 5.32 Å². The van der Waals surface area contributed by atoms with Crippen molar-refractivity contribution in [2.45, 2.75) is 191 Å². The molecule has 1 amide bonds. The summed E-state index contributed by atoms with van der Waals surface area (Å²) < 4.78 is 22.7. The van der Waals surface area contributed by atoms with Crippen LogP contribution in [-0.2, 0) is 18.4 Å². The molecule has 9 N–H and O–H groups in total. The number of carbonyl (C=O) groups excluding carboxylic acids is 1. The summed E-state index contributed by atoms with van der Waals surface area (Å²) in [7, 11) is -5.15. The van der Waals surface area contributed by atoms with E-state index < -0.39 is 75.2 Å². The van der Waals surface area contributed by atoms with Crippen LogP contribution >= 0.6 is 7.82 Å². The van der Waals surface area contributed by atoms with E-state index in [0.717, 1.165) is 51.4 Å². The molecule has 0 radical (unpaired) electrons. The fourth-order valence-corrected chi connectivity index (χ4v) is 6.94. The summed E-state index contributed by atoms with van der Waals surface area (Å²) in [5.41, 5.74) is 0. The van der Waals surface area contributed by atoms with Crippen LogP contribution in [0.3, 0.4) is 0 Å². The Morgan fingerprint density at radius 3 is 1.65 bits per heavy atom. The third kappa shape index (κ3) is 22.7. The molecule has 8 atom stereocenters. The van der Waals surface area contributed by atoms with Crippen LogP contribution in [0.15, 0.2) is 48.6 Å². The van der Waals surface area contributed by atoms with Gasteiger partial charge in [0.05, 0.1) is 31.3 Å². The van der Waals surface area contributed by atoms with Crippen LogP contribution in [0.1, 0.15) is 136 Å². The minimum absolute atomic E-state index is 0.242. The van der Waals surface area contributed by atoms with Gasteiger partial charge in [-0.2, -0.15) is 0 Å². The molecule has 14 heteroatoms. The van der Waals surface area contributed by atoms with Gasteiger partial charge in [-0.25, -0.2) is 4.57 Å². The Labute approximate surface area is 323 Å². The SMILES string of the molecule is CCCCCC/C=C\CC(O)CC(=O)NC(COP(=O)(O)OC1C(O)C(O)C(O)C(O)C1O)C(O)/C=C/CC/C=C/CC/C=C/CCCCCCCCC. The van der Waals surface area contributed by atoms with Crippen LogP contribution in [-0.4, -0.2) is 108 Å². The van der Waals surface area contributed by atoms with Gasteiger partial charge in [0.2, 0.25) is 5.91 Å². The van der Waals surface area contributed by atoms with Gasteiger partial charge in [0.1, 0.15) is 36.6 Å². The van der Waals surface area contributed by atoms with Crippen LogP contribution in [0.25, 0.3) is 0 Å². The largest absolute Gasteiger partial charge is 0.472 e. The molecule has 1 fully saturated rings. The number of allylic oxidation sites excluding steroid dienone is 6. The van der Waals surface area contributed by atoms with Gasteiger partial charge in [-0.3, -0.25) is 13.8 Å². The Hall–Kier alpha value is -1.74. The average Bonchev–Trinajstić information content (AvgIpc) is 3.14. The molecule has 13 nitrogen and oxygen atoms in total. The number of amides is 1. The lowest BCUT2D eigenvalue weighted by atomic mass is 9.85. The monoisotopic (exact) mass is 789 g/mol. The molecule has 314 valence electrons. The van der Waals surface area contributed by atoms with E-state index in [1.165, 1.54) is 51.0 Å². The lowest BCUT2D eigenvalue weighted by Gasteiger charge is -2.41. The molecule has 0 spiro atoms. The van der Waals surface area contributed by atoms with Gasteiger partial charge in [0.15, 0.2) is 0 Å². The van der Waals surface area contributed by atoms with Crippen LogP contribution in [0.4, 0.5) is 0 Å². The first-order valence-corrected chi connectivity index (χ1v) is 21.7. The third-order valence-corrected chi connectivity index (χ3v) is 10.3. The number of nitrogens with one attached hydrogen (secondary N) is 1. The smallest absolute Gasteiger partial charge is 0.392 e. The van der Waals surface area contributed by atoms with Crippen molar-refractivity contribution in [3.05, 3.63) is 48.6 Å². The van der Waals surface area contributed by atoms with Gasteiger partial charge in [0, 0.05) is 0 Å². The molecule has 0 heterocycles. The number of phosphoric acid groups is 1. The van der Waals surface area contributed by atoms with Gasteiger partial charge >= 0.3 is 7.82 Å². The van der Waals surface area contributed by atoms with Crippen LogP contribution in [0, 0.1) is 0 Å². The molecule has 0 aromatic heterocycles. The van der Waals surface area contributed by atoms with Crippen LogP contribution in [0.2, 0.25) is 0 Å². The van der Waals surface area contributed by atoms with Crippen LogP contribution < -0.4 is 5.32 Å². The zero-order chi connectivity index (χ0) is 40.2. The number of carbonyl (C=O) groups is 1. The summed E-state index contributed by atoms with van der Waals surface area (Å²) in [6.45, 7) is 3.60. The van der Waals surface area contributed by atoms with Crippen LogP contribution in [0.5, 0.6) is 0 Å². The number of hydrogen-bond acceptors (Lipinski definition) is 11. The maximum absolute atomic E-state index is 12.8. The Kier molecular flexibility index (Phi) is 28.3. The highest BCUT2D eigenvalue weighted by molar-refractivity contribution is 7.47. The van der Waals surface area contributed by atoms with E-state index >= 15 is 0 Å². The number of rotatable bonds is 31. The summed E-state index contributed by atoms with van der Waals surface area (Å²) in [6.07, 6.45) is 19.7. The van der Waals surface area contributed by atoms with Gasteiger partial charge < -0.3 is 46.0 Å². The zero-order valence-corrected chi connectivity index (χ0v) is 33.5. The van der Waals surface area contributed by atoms with Gasteiger partial charge in [-0.15, -0.1) is 0 Å². The Morgan fingerprint density at radius 1 is 0.648 bits per heavy atom. The lowest BCUT2D eigenvalue weighted by molar-refractivity contribution is -0.220. The quantitative estimate of drug-likeness (QED) is 0.0251. The van der Waals surface area contributed by atoms with E-state index in [0.29, 0.717) is 12.8 Å². The summed E-state index contributed by atoms with van der Waals surface area (Å²) >= 11 is 0. The van der Waals surface area contributed by atoms with Crippen molar-refractivity contribution in [3.8, 4) is 0 Å². The third-order valence-electron chi connectivity index (χ3n) is 9.36. The van der Waals surface area contributed by atoms with Crippen molar-refractivity contribution < 1.29 is 59.0 Å². The second-order valence-corrected chi connectivity index (χ2v) is 15.7. The first-order chi connectivity index (χ1) is 25.8. The van der Waals surface area contributed by atoms with E-state index in [1.54, 1.807) is 6.08 Å². The van der Waals surface area contributed by atoms with Crippen molar-refractivity contribution in [3.63, 3.8) is 0 Å². The second-order valence-electron chi connectivity index (χ2n) is 14.3. The normalized spacial score (nSPS) is 25.1. The number of hydrogen-bond donors (Lipinski definition) is 9. The Morgan fingerprint density at radius 2 is 1.09 bits per heavy atom. The molecule has 0 aromatic rings. The highest BCUT2D eigenvalue weighted by atomic mass is 31.2. The lowest BCUT2D eigenvalue weighted by Crippen LogP contribution is -2.64. The standard InChI is InChI=1S/C40H72NO12P/c1-3-5-7-9-11-12-13-14-15-16-17-18-19-20-22-24-26-28-33(43)32(41-34(44)29-31(42)27-25-23-21-10-8-6-4-2)30-52-54(50,51)53-40-38(48)36(46)35(45)37(47)39(40)49/h15-16,19-20,23,25-26,28,31-33,35-40,42-43,45-49H,3-14,17-18,21-22,24,27,29-30H2,1-2H3,(H,41,44)(H,50,51)/b16-15+,20-19+,25-23-,28-26+. The van der Waals surface area contributed by atoms with Gasteiger partial charge in [-0.1, -0.05) is 120 Å². The molecular weight excluding hydrogens is 717 g/mol. The zero-order valence-electron chi connectivity index (χ0n) is 32.6. The number of aliphatic hydroxyl groups excluding tert-OH is 7. The maximum Gasteiger partial charge on any atom is 0.472 e. The van der Waals surface area contributed by atoms with E-state index in [1.807, 2.05) is 18.2 Å². The molecule has 54 heavy (non-hydrogen) atoms. The highest BCUT2D eigenvalue weighted by Gasteiger charge is 2.51. The molecule has 1 saturated carbocycles. The predicted octanol–water partition coefficient (Wildman–Crippen LogP) is 5.19. The molecule has 0 aliphatic heterocycles. The summed E-state index contributed by atoms with van der Waals surface area (Å²) in [6, 6.07) is -1.28. The predicted molar refractivity (Wildman–Crippen MR) is 210 cm³/mol. The summed E-state index contributed by atoms with van der Waals surface area (Å²) in [5, 5.41) is 73.8. The van der Waals surface area contributed by atoms with E-state index in [4.69, 9.17) is 9.05 Å². The van der Waals surface area contributed by atoms with Crippen molar-refractivity contribution in [1.29, 1.82) is 0 Å². The maximum atomic E-state index is 12.8. The number of aliphatic hydroxyl groups is 7. The first-order valence-electron chi connectivity index (χ1n) is 20.2. The Balaban J connectivity index is 2.68. The van der Waals surface area contributed by atoms with Gasteiger partial charge in [-0.05, 0) is 57.8 Å². The summed E-state index contributed by atoms with van der Waals surface area (Å²) in [5.74, 6) is -0.647. The Bertz CT molecular complexity index is 1120. The molecule has 0 bridgehead atoms. The second kappa shape index (κ2) is 30.4. The fourth-order valence-electron chi connectivity index (χ4n) is 5.97. The number of unbranched alkanes of at least 4 members (excludes halogenated alkanes) is 13. The van der Waals surface area contributed by atoms with Crippen molar-refractivity contribution in [2.75, 3.05) is 6.61 Å². The minimum Gasteiger partial charge on any atom is -0.392 e. The molecular formula is C40H72NO12P. The molecule has 1 aliphatic carbocycles. The van der Waals surface area contributed by atoms with E-state index in [2.05, 4.69) is 37.4 Å². The van der Waals surface area contributed by atoms with Crippen molar-refractivity contribution in [2.24, 2.45) is 0 Å². The molecule has 0 saturated heterocycles. The average molecular weight is 790 g/mol. The fraction of sp³-hybridized carbons (Fsp3) is 0.775. The molecule has 0 aromatic carbocycles. The molecule has 8 unspecified atom stereocenters. The minimum atomic E-state index is -5.15. The molecule has 1 rings (SSSR count).